The lowest BCUT2D eigenvalue weighted by Crippen LogP contribution is -2.07. The summed E-state index contributed by atoms with van der Waals surface area (Å²) in [5.41, 5.74) is 0.600. The number of rotatable bonds is 6. The minimum absolute atomic E-state index is 0.0421. The van der Waals surface area contributed by atoms with E-state index in [1.807, 2.05) is 0 Å². The molecule has 0 fully saturated rings. The van der Waals surface area contributed by atoms with Crippen LogP contribution in [0.15, 0.2) is 36.4 Å². The maximum Gasteiger partial charge on any atom is 0.511 e. The van der Waals surface area contributed by atoms with Crippen molar-refractivity contribution in [3.8, 4) is 23.0 Å². The smallest absolute Gasteiger partial charge is 0.449 e. The molecule has 4 N–H and O–H groups in total. The van der Waals surface area contributed by atoms with Crippen LogP contribution in [-0.2, 0) is 6.42 Å². The van der Waals surface area contributed by atoms with Crippen molar-refractivity contribution in [2.75, 3.05) is 0 Å². The van der Waals surface area contributed by atoms with Gasteiger partial charge in [0.25, 0.3) is 0 Å². The second-order valence-electron chi connectivity index (χ2n) is 5.27. The van der Waals surface area contributed by atoms with Crippen LogP contribution in [0.3, 0.4) is 0 Å². The molecule has 2 aromatic rings. The number of carbonyl (C=O) groups is 4. The molecule has 0 aliphatic heterocycles. The topological polar surface area (TPSA) is 186 Å². The Kier molecular flexibility index (Phi) is 6.42. The number of benzene rings is 2. The van der Waals surface area contributed by atoms with Crippen molar-refractivity contribution in [3.63, 3.8) is 0 Å². The molecule has 0 atom stereocenters. The highest BCUT2D eigenvalue weighted by molar-refractivity contribution is 5.65. The molecule has 0 amide bonds. The van der Waals surface area contributed by atoms with E-state index in [1.165, 1.54) is 24.3 Å². The van der Waals surface area contributed by atoms with E-state index >= 15 is 0 Å². The zero-order valence-corrected chi connectivity index (χ0v) is 14.2. The van der Waals surface area contributed by atoms with Gasteiger partial charge in [0.2, 0.25) is 0 Å². The molecule has 0 radical (unpaired) electrons. The maximum absolute atomic E-state index is 10.7. The molecular formula is C17H12O12. The van der Waals surface area contributed by atoms with Gasteiger partial charge >= 0.3 is 24.6 Å². The molecule has 0 aliphatic rings. The van der Waals surface area contributed by atoms with E-state index in [2.05, 4.69) is 18.9 Å². The third-order valence-electron chi connectivity index (χ3n) is 3.11. The van der Waals surface area contributed by atoms with Gasteiger partial charge in [0, 0.05) is 12.1 Å². The SMILES string of the molecule is O=C(O)Oc1cc(Cc2cc(OC(=O)O)cc(OC(=O)O)c2)cc(OC(=O)O)c1. The molecule has 152 valence electrons. The minimum atomic E-state index is -1.64. The van der Waals surface area contributed by atoms with Crippen molar-refractivity contribution in [1.29, 1.82) is 0 Å². The number of hydrogen-bond acceptors (Lipinski definition) is 8. The lowest BCUT2D eigenvalue weighted by atomic mass is 10.0. The largest absolute Gasteiger partial charge is 0.511 e. The summed E-state index contributed by atoms with van der Waals surface area (Å²) in [5, 5.41) is 34.9. The Labute approximate surface area is 161 Å². The summed E-state index contributed by atoms with van der Waals surface area (Å²) < 4.78 is 18.0. The van der Waals surface area contributed by atoms with E-state index in [1.54, 1.807) is 0 Å². The highest BCUT2D eigenvalue weighted by Crippen LogP contribution is 2.29. The highest BCUT2D eigenvalue weighted by atomic mass is 16.7. The van der Waals surface area contributed by atoms with Crippen LogP contribution >= 0.6 is 0 Å². The van der Waals surface area contributed by atoms with Crippen LogP contribution in [0.2, 0.25) is 0 Å². The second-order valence-corrected chi connectivity index (χ2v) is 5.27. The predicted octanol–water partition coefficient (Wildman–Crippen LogP) is 3.50. The molecule has 2 aromatic carbocycles. The molecular weight excluding hydrogens is 396 g/mol. The molecule has 0 heterocycles. The maximum atomic E-state index is 10.7. The number of ether oxygens (including phenoxy) is 4. The Morgan fingerprint density at radius 1 is 0.517 bits per heavy atom. The van der Waals surface area contributed by atoms with Crippen LogP contribution in [0.5, 0.6) is 23.0 Å². The Balaban J connectivity index is 2.41. The molecule has 29 heavy (non-hydrogen) atoms. The molecule has 0 bridgehead atoms. The first kappa shape index (κ1) is 20.8. The molecule has 12 nitrogen and oxygen atoms in total. The quantitative estimate of drug-likeness (QED) is 0.403. The van der Waals surface area contributed by atoms with Gasteiger partial charge in [-0.05, 0) is 41.8 Å². The van der Waals surface area contributed by atoms with Crippen molar-refractivity contribution in [2.45, 2.75) is 6.42 Å². The van der Waals surface area contributed by atoms with E-state index in [4.69, 9.17) is 20.4 Å². The number of carboxylic acid groups (broad SMARTS) is 4. The summed E-state index contributed by atoms with van der Waals surface area (Å²) in [7, 11) is 0. The standard InChI is InChI=1S/C17H12O12/c18-14(19)26-10-2-8(3-11(6-10)27-15(20)21)1-9-4-12(28-16(22)23)7-13(5-9)29-17(24)25/h2-7H,1H2,(H,18,19)(H,20,21)(H,22,23)(H,24,25). The van der Waals surface area contributed by atoms with Crippen LogP contribution in [0.25, 0.3) is 0 Å². The Morgan fingerprint density at radius 2 is 0.759 bits per heavy atom. The molecule has 0 saturated heterocycles. The predicted molar refractivity (Wildman–Crippen MR) is 90.3 cm³/mol. The third-order valence-corrected chi connectivity index (χ3v) is 3.11. The van der Waals surface area contributed by atoms with Crippen molar-refractivity contribution < 1.29 is 58.6 Å². The van der Waals surface area contributed by atoms with Gasteiger partial charge in [-0.2, -0.15) is 0 Å². The fraction of sp³-hybridized carbons (Fsp3) is 0.0588. The lowest BCUT2D eigenvalue weighted by Gasteiger charge is -2.10. The minimum Gasteiger partial charge on any atom is -0.449 e. The van der Waals surface area contributed by atoms with Gasteiger partial charge in [-0.15, -0.1) is 0 Å². The molecule has 0 spiro atoms. The van der Waals surface area contributed by atoms with Gasteiger partial charge in [0.05, 0.1) is 0 Å². The van der Waals surface area contributed by atoms with Crippen LogP contribution < -0.4 is 18.9 Å². The fourth-order valence-corrected chi connectivity index (χ4v) is 2.34. The summed E-state index contributed by atoms with van der Waals surface area (Å²) in [5.74, 6) is -0.921. The average molecular weight is 408 g/mol. The fourth-order valence-electron chi connectivity index (χ4n) is 2.34. The van der Waals surface area contributed by atoms with Crippen LogP contribution in [0.1, 0.15) is 11.1 Å². The highest BCUT2D eigenvalue weighted by Gasteiger charge is 2.13. The van der Waals surface area contributed by atoms with Gasteiger partial charge in [-0.25, -0.2) is 19.2 Å². The zero-order chi connectivity index (χ0) is 21.6. The molecule has 2 rings (SSSR count). The zero-order valence-electron chi connectivity index (χ0n) is 14.2. The van der Waals surface area contributed by atoms with Gasteiger partial charge in [0.1, 0.15) is 23.0 Å². The first-order chi connectivity index (χ1) is 13.6. The van der Waals surface area contributed by atoms with Gasteiger partial charge in [-0.1, -0.05) is 0 Å². The first-order valence-electron chi connectivity index (χ1n) is 7.52. The second kappa shape index (κ2) is 8.94. The molecule has 0 aromatic heterocycles. The molecule has 0 saturated carbocycles. The lowest BCUT2D eigenvalue weighted by molar-refractivity contribution is 0.140. The van der Waals surface area contributed by atoms with E-state index in [0.29, 0.717) is 11.1 Å². The third kappa shape index (κ3) is 6.97. The van der Waals surface area contributed by atoms with Crippen molar-refractivity contribution in [2.24, 2.45) is 0 Å². The van der Waals surface area contributed by atoms with E-state index < -0.39 is 24.6 Å². The molecule has 0 aliphatic carbocycles. The van der Waals surface area contributed by atoms with Gasteiger partial charge < -0.3 is 39.4 Å². The van der Waals surface area contributed by atoms with Crippen molar-refractivity contribution in [3.05, 3.63) is 47.5 Å². The first-order valence-corrected chi connectivity index (χ1v) is 7.52. The Bertz CT molecular complexity index is 819. The summed E-state index contributed by atoms with van der Waals surface area (Å²) in [6.07, 6.45) is -6.61. The summed E-state index contributed by atoms with van der Waals surface area (Å²) in [4.78, 5) is 43.0. The van der Waals surface area contributed by atoms with Crippen LogP contribution in [0, 0.1) is 0 Å². The Hall–Kier alpha value is -4.48. The average Bonchev–Trinajstić information content (AvgIpc) is 2.51. The normalized spacial score (nSPS) is 9.93. The van der Waals surface area contributed by atoms with Gasteiger partial charge in [-0.3, -0.25) is 0 Å². The monoisotopic (exact) mass is 408 g/mol. The van der Waals surface area contributed by atoms with Crippen LogP contribution in [0.4, 0.5) is 19.2 Å². The van der Waals surface area contributed by atoms with Crippen molar-refractivity contribution in [1.82, 2.24) is 0 Å². The van der Waals surface area contributed by atoms with Crippen LogP contribution in [-0.4, -0.2) is 45.0 Å². The van der Waals surface area contributed by atoms with E-state index in [9.17, 15) is 19.2 Å². The molecule has 0 unspecified atom stereocenters. The van der Waals surface area contributed by atoms with Crippen molar-refractivity contribution >= 4 is 24.6 Å². The molecule has 12 heteroatoms. The van der Waals surface area contributed by atoms with E-state index in [0.717, 1.165) is 12.1 Å². The summed E-state index contributed by atoms with van der Waals surface area (Å²) >= 11 is 0. The summed E-state index contributed by atoms with van der Waals surface area (Å²) in [6.45, 7) is 0. The van der Waals surface area contributed by atoms with Gasteiger partial charge in [0.15, 0.2) is 0 Å². The van der Waals surface area contributed by atoms with E-state index in [-0.39, 0.29) is 29.4 Å². The number of hydrogen-bond donors (Lipinski definition) is 4. The summed E-state index contributed by atoms with van der Waals surface area (Å²) in [6, 6.07) is 7.15. The Morgan fingerprint density at radius 3 is 0.966 bits per heavy atom.